The van der Waals surface area contributed by atoms with E-state index < -0.39 is 22.0 Å². The SMILES string of the molecule is N#Cc1ccc(NC(=O)[C@H]2Cc3ccccc3CN2S(=O)(=O)c2ccccc2)cc1. The molecule has 1 amide bonds. The van der Waals surface area contributed by atoms with Crippen LogP contribution in [-0.2, 0) is 27.8 Å². The van der Waals surface area contributed by atoms with Gasteiger partial charge in [0.25, 0.3) is 0 Å². The molecule has 150 valence electrons. The van der Waals surface area contributed by atoms with Crippen molar-refractivity contribution in [2.45, 2.75) is 23.9 Å². The molecule has 0 unspecified atom stereocenters. The Bertz CT molecular complexity index is 1220. The minimum absolute atomic E-state index is 0.124. The number of hydrogen-bond acceptors (Lipinski definition) is 4. The topological polar surface area (TPSA) is 90.3 Å². The summed E-state index contributed by atoms with van der Waals surface area (Å²) in [5.41, 5.74) is 2.83. The molecule has 0 fully saturated rings. The van der Waals surface area contributed by atoms with Gasteiger partial charge in [-0.1, -0.05) is 42.5 Å². The lowest BCUT2D eigenvalue weighted by Gasteiger charge is -2.35. The van der Waals surface area contributed by atoms with Gasteiger partial charge in [-0.15, -0.1) is 0 Å². The van der Waals surface area contributed by atoms with Crippen LogP contribution >= 0.6 is 0 Å². The molecule has 30 heavy (non-hydrogen) atoms. The van der Waals surface area contributed by atoms with Crippen molar-refractivity contribution in [3.05, 3.63) is 95.6 Å². The predicted molar refractivity (Wildman–Crippen MR) is 113 cm³/mol. The van der Waals surface area contributed by atoms with E-state index in [1.54, 1.807) is 42.5 Å². The number of carbonyl (C=O) groups is 1. The molecule has 1 N–H and O–H groups in total. The van der Waals surface area contributed by atoms with E-state index in [2.05, 4.69) is 5.32 Å². The van der Waals surface area contributed by atoms with E-state index in [9.17, 15) is 13.2 Å². The van der Waals surface area contributed by atoms with E-state index in [0.29, 0.717) is 11.3 Å². The van der Waals surface area contributed by atoms with Gasteiger partial charge in [0.05, 0.1) is 16.5 Å². The summed E-state index contributed by atoms with van der Waals surface area (Å²) >= 11 is 0. The third-order valence-corrected chi connectivity index (χ3v) is 7.01. The zero-order chi connectivity index (χ0) is 21.1. The van der Waals surface area contributed by atoms with E-state index in [1.807, 2.05) is 30.3 Å². The van der Waals surface area contributed by atoms with Crippen LogP contribution in [0.4, 0.5) is 5.69 Å². The van der Waals surface area contributed by atoms with Gasteiger partial charge in [0, 0.05) is 12.2 Å². The number of carbonyl (C=O) groups excluding carboxylic acids is 1. The highest BCUT2D eigenvalue weighted by molar-refractivity contribution is 7.89. The van der Waals surface area contributed by atoms with Crippen molar-refractivity contribution in [3.8, 4) is 6.07 Å². The number of anilines is 1. The van der Waals surface area contributed by atoms with E-state index in [0.717, 1.165) is 11.1 Å². The predicted octanol–water partition coefficient (Wildman–Crippen LogP) is 3.31. The second kappa shape index (κ2) is 8.11. The summed E-state index contributed by atoms with van der Waals surface area (Å²) in [5, 5.41) is 11.7. The number of rotatable bonds is 4. The van der Waals surface area contributed by atoms with Crippen LogP contribution < -0.4 is 5.32 Å². The quantitative estimate of drug-likeness (QED) is 0.705. The van der Waals surface area contributed by atoms with Gasteiger partial charge >= 0.3 is 0 Å². The number of nitrogens with one attached hydrogen (secondary N) is 1. The number of fused-ring (bicyclic) bond motifs is 1. The zero-order valence-electron chi connectivity index (χ0n) is 16.0. The van der Waals surface area contributed by atoms with Crippen LogP contribution in [-0.4, -0.2) is 24.7 Å². The van der Waals surface area contributed by atoms with E-state index >= 15 is 0 Å². The number of nitriles is 1. The largest absolute Gasteiger partial charge is 0.325 e. The molecule has 0 aliphatic carbocycles. The molecule has 7 heteroatoms. The van der Waals surface area contributed by atoms with Crippen LogP contribution in [0.5, 0.6) is 0 Å². The first kappa shape index (κ1) is 19.8. The molecule has 1 aliphatic rings. The first-order valence-electron chi connectivity index (χ1n) is 9.44. The normalized spacial score (nSPS) is 16.3. The van der Waals surface area contributed by atoms with Crippen LogP contribution in [0.15, 0.2) is 83.8 Å². The smallest absolute Gasteiger partial charge is 0.244 e. The summed E-state index contributed by atoms with van der Waals surface area (Å²) in [7, 11) is -3.87. The van der Waals surface area contributed by atoms with Crippen LogP contribution in [0.25, 0.3) is 0 Å². The van der Waals surface area contributed by atoms with Gasteiger partial charge in [-0.2, -0.15) is 9.57 Å². The molecule has 3 aromatic carbocycles. The molecule has 3 aromatic rings. The van der Waals surface area contributed by atoms with Crippen LogP contribution in [0.3, 0.4) is 0 Å². The van der Waals surface area contributed by atoms with E-state index in [-0.39, 0.29) is 17.9 Å². The number of nitrogens with zero attached hydrogens (tertiary/aromatic N) is 2. The minimum Gasteiger partial charge on any atom is -0.325 e. The lowest BCUT2D eigenvalue weighted by molar-refractivity contribution is -0.120. The van der Waals surface area contributed by atoms with E-state index in [4.69, 9.17) is 5.26 Å². The summed E-state index contributed by atoms with van der Waals surface area (Å²) < 4.78 is 28.0. The van der Waals surface area contributed by atoms with Gasteiger partial charge in [-0.25, -0.2) is 8.42 Å². The van der Waals surface area contributed by atoms with Gasteiger partial charge in [0.2, 0.25) is 15.9 Å². The maximum atomic E-state index is 13.4. The highest BCUT2D eigenvalue weighted by Gasteiger charge is 2.39. The maximum absolute atomic E-state index is 13.4. The average molecular weight is 417 g/mol. The van der Waals surface area contributed by atoms with Gasteiger partial charge < -0.3 is 5.32 Å². The second-order valence-corrected chi connectivity index (χ2v) is 8.92. The molecule has 0 saturated heterocycles. The summed E-state index contributed by atoms with van der Waals surface area (Å²) in [6.07, 6.45) is 0.282. The number of amides is 1. The Morgan fingerprint density at radius 3 is 2.23 bits per heavy atom. The molecular formula is C23H19N3O3S. The van der Waals surface area contributed by atoms with Gasteiger partial charge in [-0.3, -0.25) is 4.79 Å². The van der Waals surface area contributed by atoms with Crippen molar-refractivity contribution < 1.29 is 13.2 Å². The molecule has 0 aromatic heterocycles. The maximum Gasteiger partial charge on any atom is 0.244 e. The molecule has 6 nitrogen and oxygen atoms in total. The van der Waals surface area contributed by atoms with Crippen molar-refractivity contribution in [3.63, 3.8) is 0 Å². The van der Waals surface area contributed by atoms with Gasteiger partial charge in [-0.05, 0) is 53.9 Å². The summed E-state index contributed by atoms with van der Waals surface area (Å²) in [6.45, 7) is 0.124. The van der Waals surface area contributed by atoms with Crippen molar-refractivity contribution in [1.29, 1.82) is 5.26 Å². The number of sulfonamides is 1. The van der Waals surface area contributed by atoms with Crippen LogP contribution in [0.1, 0.15) is 16.7 Å². The Balaban J connectivity index is 1.69. The van der Waals surface area contributed by atoms with Gasteiger partial charge in [0.15, 0.2) is 0 Å². The lowest BCUT2D eigenvalue weighted by atomic mass is 9.95. The summed E-state index contributed by atoms with van der Waals surface area (Å²) in [6, 6.07) is 23.3. The first-order valence-corrected chi connectivity index (χ1v) is 10.9. The Labute approximate surface area is 175 Å². The number of benzene rings is 3. The van der Waals surface area contributed by atoms with Crippen molar-refractivity contribution in [2.75, 3.05) is 5.32 Å². The lowest BCUT2D eigenvalue weighted by Crippen LogP contribution is -2.50. The third-order valence-electron chi connectivity index (χ3n) is 5.14. The Hall–Kier alpha value is -3.47. The van der Waals surface area contributed by atoms with Gasteiger partial charge in [0.1, 0.15) is 6.04 Å². The fraction of sp³-hybridized carbons (Fsp3) is 0.130. The highest BCUT2D eigenvalue weighted by Crippen LogP contribution is 2.29. The Morgan fingerprint density at radius 1 is 0.933 bits per heavy atom. The standard InChI is InChI=1S/C23H19N3O3S/c24-15-17-10-12-20(13-11-17)25-23(27)22-14-18-6-4-5-7-19(18)16-26(22)30(28,29)21-8-2-1-3-9-21/h1-13,22H,14,16H2,(H,25,27)/t22-/m1/s1. The molecule has 0 saturated carbocycles. The molecule has 0 radical (unpaired) electrons. The molecule has 0 spiro atoms. The highest BCUT2D eigenvalue weighted by atomic mass is 32.2. The minimum atomic E-state index is -3.87. The fourth-order valence-electron chi connectivity index (χ4n) is 3.56. The van der Waals surface area contributed by atoms with Crippen molar-refractivity contribution in [1.82, 2.24) is 4.31 Å². The third kappa shape index (κ3) is 3.83. The van der Waals surface area contributed by atoms with Crippen molar-refractivity contribution in [2.24, 2.45) is 0 Å². The molecule has 0 bridgehead atoms. The van der Waals surface area contributed by atoms with Crippen LogP contribution in [0.2, 0.25) is 0 Å². The fourth-order valence-corrected chi connectivity index (χ4v) is 5.14. The summed E-state index contributed by atoms with van der Waals surface area (Å²) in [4.78, 5) is 13.3. The molecule has 1 aliphatic heterocycles. The Morgan fingerprint density at radius 2 is 1.57 bits per heavy atom. The second-order valence-electron chi connectivity index (χ2n) is 7.03. The van der Waals surface area contributed by atoms with E-state index in [1.165, 1.54) is 16.4 Å². The first-order chi connectivity index (χ1) is 14.5. The molecule has 4 rings (SSSR count). The average Bonchev–Trinajstić information content (AvgIpc) is 2.79. The molecule has 1 heterocycles. The Kier molecular flexibility index (Phi) is 5.36. The zero-order valence-corrected chi connectivity index (χ0v) is 16.8. The summed E-state index contributed by atoms with van der Waals surface area (Å²) in [5.74, 6) is -0.409. The van der Waals surface area contributed by atoms with Crippen LogP contribution in [0, 0.1) is 11.3 Å². The van der Waals surface area contributed by atoms with Crippen molar-refractivity contribution >= 4 is 21.6 Å². The molecular weight excluding hydrogens is 398 g/mol. The monoisotopic (exact) mass is 417 g/mol. The molecule has 1 atom stereocenters. The number of hydrogen-bond donors (Lipinski definition) is 1.